The summed E-state index contributed by atoms with van der Waals surface area (Å²) in [6.45, 7) is 6.25. The number of amides is 2. The second-order valence-corrected chi connectivity index (χ2v) is 8.14. The van der Waals surface area contributed by atoms with Crippen LogP contribution in [0.1, 0.15) is 68.1 Å². The lowest BCUT2D eigenvalue weighted by atomic mass is 9.90. The van der Waals surface area contributed by atoms with Crippen LogP contribution in [-0.4, -0.2) is 26.4 Å². The van der Waals surface area contributed by atoms with Crippen LogP contribution in [-0.2, 0) is 6.42 Å². The fourth-order valence-electron chi connectivity index (χ4n) is 3.25. The minimum Gasteiger partial charge on any atom is -0.290 e. The first-order valence-corrected chi connectivity index (χ1v) is 9.79. The SMILES string of the molecule is Cc1[nH]nc(NC(=O)Nc2nnc(C3CCCCC3)s2)c1CC(C)C. The van der Waals surface area contributed by atoms with E-state index in [9.17, 15) is 4.79 Å². The van der Waals surface area contributed by atoms with Crippen molar-refractivity contribution in [2.24, 2.45) is 5.92 Å². The van der Waals surface area contributed by atoms with Gasteiger partial charge in [0.25, 0.3) is 0 Å². The molecule has 2 heterocycles. The summed E-state index contributed by atoms with van der Waals surface area (Å²) >= 11 is 1.48. The average Bonchev–Trinajstić information content (AvgIpc) is 3.17. The Morgan fingerprint density at radius 3 is 2.72 bits per heavy atom. The monoisotopic (exact) mass is 362 g/mol. The van der Waals surface area contributed by atoms with E-state index in [0.717, 1.165) is 22.7 Å². The summed E-state index contributed by atoms with van der Waals surface area (Å²) < 4.78 is 0. The zero-order valence-electron chi connectivity index (χ0n) is 15.1. The number of H-pyrrole nitrogens is 1. The van der Waals surface area contributed by atoms with E-state index >= 15 is 0 Å². The number of hydrogen-bond donors (Lipinski definition) is 3. The zero-order chi connectivity index (χ0) is 17.8. The summed E-state index contributed by atoms with van der Waals surface area (Å²) in [6.07, 6.45) is 7.03. The van der Waals surface area contributed by atoms with E-state index in [1.54, 1.807) is 0 Å². The van der Waals surface area contributed by atoms with Crippen molar-refractivity contribution in [3.8, 4) is 0 Å². The third-order valence-electron chi connectivity index (χ3n) is 4.53. The number of carbonyl (C=O) groups is 1. The standard InChI is InChI=1S/C17H26N6OS/c1-10(2)9-13-11(3)20-21-14(13)18-16(24)19-17-23-22-15(25-17)12-7-5-4-6-8-12/h10,12H,4-9H2,1-3H3,(H3,18,19,20,21,23,24). The molecule has 8 heteroatoms. The van der Waals surface area contributed by atoms with Crippen molar-refractivity contribution in [2.75, 3.05) is 10.6 Å². The van der Waals surface area contributed by atoms with Gasteiger partial charge in [-0.05, 0) is 32.1 Å². The van der Waals surface area contributed by atoms with Gasteiger partial charge in [0.2, 0.25) is 5.13 Å². The second-order valence-electron chi connectivity index (χ2n) is 7.13. The van der Waals surface area contributed by atoms with Gasteiger partial charge < -0.3 is 0 Å². The quantitative estimate of drug-likeness (QED) is 0.731. The van der Waals surface area contributed by atoms with Crippen LogP contribution in [0.3, 0.4) is 0 Å². The van der Waals surface area contributed by atoms with Crippen LogP contribution in [0.25, 0.3) is 0 Å². The fourth-order valence-corrected chi connectivity index (χ4v) is 4.16. The van der Waals surface area contributed by atoms with E-state index in [-0.39, 0.29) is 6.03 Å². The van der Waals surface area contributed by atoms with Crippen molar-refractivity contribution in [3.05, 3.63) is 16.3 Å². The highest BCUT2D eigenvalue weighted by atomic mass is 32.1. The topological polar surface area (TPSA) is 95.6 Å². The maximum atomic E-state index is 12.3. The third kappa shape index (κ3) is 4.56. The van der Waals surface area contributed by atoms with Gasteiger partial charge in [-0.15, -0.1) is 10.2 Å². The Kier molecular flexibility index (Phi) is 5.67. The zero-order valence-corrected chi connectivity index (χ0v) is 15.9. The molecule has 7 nitrogen and oxygen atoms in total. The molecule has 0 radical (unpaired) electrons. The van der Waals surface area contributed by atoms with E-state index in [1.165, 1.54) is 43.4 Å². The predicted molar refractivity (Wildman–Crippen MR) is 100 cm³/mol. The Labute approximate surface area is 152 Å². The highest BCUT2D eigenvalue weighted by molar-refractivity contribution is 7.15. The Bertz CT molecular complexity index is 717. The summed E-state index contributed by atoms with van der Waals surface area (Å²) in [4.78, 5) is 12.3. The summed E-state index contributed by atoms with van der Waals surface area (Å²) in [6, 6.07) is -0.331. The van der Waals surface area contributed by atoms with Gasteiger partial charge in [0, 0.05) is 17.2 Å². The molecule has 0 spiro atoms. The summed E-state index contributed by atoms with van der Waals surface area (Å²) in [5.74, 6) is 1.57. The number of aromatic amines is 1. The number of nitrogens with zero attached hydrogens (tertiary/aromatic N) is 3. The molecule has 3 rings (SSSR count). The molecule has 2 amide bonds. The molecule has 0 bridgehead atoms. The van der Waals surface area contributed by atoms with Crippen LogP contribution in [0, 0.1) is 12.8 Å². The van der Waals surface area contributed by atoms with E-state index in [1.807, 2.05) is 6.92 Å². The van der Waals surface area contributed by atoms with Gasteiger partial charge in [-0.3, -0.25) is 15.7 Å². The van der Waals surface area contributed by atoms with Crippen LogP contribution in [0.2, 0.25) is 0 Å². The van der Waals surface area contributed by atoms with Gasteiger partial charge in [-0.2, -0.15) is 5.10 Å². The third-order valence-corrected chi connectivity index (χ3v) is 5.53. The molecule has 0 saturated heterocycles. The van der Waals surface area contributed by atoms with E-state index in [2.05, 4.69) is 44.9 Å². The van der Waals surface area contributed by atoms with Gasteiger partial charge >= 0.3 is 6.03 Å². The van der Waals surface area contributed by atoms with Crippen LogP contribution in [0.5, 0.6) is 0 Å². The Morgan fingerprint density at radius 2 is 2.00 bits per heavy atom. The lowest BCUT2D eigenvalue weighted by molar-refractivity contribution is 0.262. The number of anilines is 2. The molecule has 25 heavy (non-hydrogen) atoms. The molecular weight excluding hydrogens is 336 g/mol. The predicted octanol–water partition coefficient (Wildman–Crippen LogP) is 4.46. The molecule has 0 aliphatic heterocycles. The molecule has 0 aromatic carbocycles. The second kappa shape index (κ2) is 7.95. The number of rotatable bonds is 5. The highest BCUT2D eigenvalue weighted by Gasteiger charge is 2.21. The van der Waals surface area contributed by atoms with Gasteiger partial charge in [0.1, 0.15) is 5.01 Å². The molecule has 3 N–H and O–H groups in total. The first-order chi connectivity index (χ1) is 12.0. The molecule has 1 saturated carbocycles. The van der Waals surface area contributed by atoms with Crippen LogP contribution >= 0.6 is 11.3 Å². The lowest BCUT2D eigenvalue weighted by Crippen LogP contribution is -2.20. The Morgan fingerprint density at radius 1 is 1.24 bits per heavy atom. The molecule has 1 aliphatic carbocycles. The number of nitrogens with one attached hydrogen (secondary N) is 3. The van der Waals surface area contributed by atoms with Crippen molar-refractivity contribution in [2.45, 2.75) is 65.2 Å². The molecule has 2 aromatic rings. The largest absolute Gasteiger partial charge is 0.326 e. The summed E-state index contributed by atoms with van der Waals surface area (Å²) in [5, 5.41) is 22.7. The molecule has 136 valence electrons. The normalized spacial score (nSPS) is 15.5. The van der Waals surface area contributed by atoms with Gasteiger partial charge in [-0.1, -0.05) is 44.4 Å². The van der Waals surface area contributed by atoms with Crippen molar-refractivity contribution < 1.29 is 4.79 Å². The summed E-state index contributed by atoms with van der Waals surface area (Å²) in [7, 11) is 0. The van der Waals surface area contributed by atoms with Gasteiger partial charge in [0.15, 0.2) is 5.82 Å². The minimum atomic E-state index is -0.331. The molecule has 1 aliphatic rings. The molecule has 2 aromatic heterocycles. The first kappa shape index (κ1) is 17.8. The average molecular weight is 363 g/mol. The lowest BCUT2D eigenvalue weighted by Gasteiger charge is -2.18. The fraction of sp³-hybridized carbons (Fsp3) is 0.647. The van der Waals surface area contributed by atoms with Crippen molar-refractivity contribution >= 4 is 28.3 Å². The number of hydrogen-bond acceptors (Lipinski definition) is 5. The first-order valence-electron chi connectivity index (χ1n) is 8.98. The highest BCUT2D eigenvalue weighted by Crippen LogP contribution is 2.35. The Balaban J connectivity index is 1.60. The molecule has 0 atom stereocenters. The molecular formula is C17H26N6OS. The van der Waals surface area contributed by atoms with E-state index in [4.69, 9.17) is 0 Å². The van der Waals surface area contributed by atoms with Crippen molar-refractivity contribution in [1.29, 1.82) is 0 Å². The number of aryl methyl sites for hydroxylation is 1. The van der Waals surface area contributed by atoms with Crippen LogP contribution < -0.4 is 10.6 Å². The smallest absolute Gasteiger partial charge is 0.290 e. The Hall–Kier alpha value is -1.96. The van der Waals surface area contributed by atoms with Crippen molar-refractivity contribution in [3.63, 3.8) is 0 Å². The molecule has 1 fully saturated rings. The number of carbonyl (C=O) groups excluding carboxylic acids is 1. The molecule has 0 unspecified atom stereocenters. The minimum absolute atomic E-state index is 0.331. The maximum Gasteiger partial charge on any atom is 0.326 e. The number of urea groups is 1. The van der Waals surface area contributed by atoms with E-state index in [0.29, 0.717) is 22.8 Å². The van der Waals surface area contributed by atoms with Gasteiger partial charge in [0.05, 0.1) is 0 Å². The van der Waals surface area contributed by atoms with Crippen LogP contribution in [0.15, 0.2) is 0 Å². The van der Waals surface area contributed by atoms with Crippen molar-refractivity contribution in [1.82, 2.24) is 20.4 Å². The van der Waals surface area contributed by atoms with Gasteiger partial charge in [-0.25, -0.2) is 4.79 Å². The summed E-state index contributed by atoms with van der Waals surface area (Å²) in [5.41, 5.74) is 2.03. The van der Waals surface area contributed by atoms with Crippen LogP contribution in [0.4, 0.5) is 15.7 Å². The van der Waals surface area contributed by atoms with E-state index < -0.39 is 0 Å². The number of aromatic nitrogens is 4. The maximum absolute atomic E-state index is 12.3.